The van der Waals surface area contributed by atoms with Crippen LogP contribution in [0, 0.1) is 26.6 Å². The molecule has 0 fully saturated rings. The quantitative estimate of drug-likeness (QED) is 0.884. The lowest BCUT2D eigenvalue weighted by molar-refractivity contribution is 0.516. The van der Waals surface area contributed by atoms with E-state index >= 15 is 0 Å². The number of hydrogen-bond acceptors (Lipinski definition) is 2. The van der Waals surface area contributed by atoms with Crippen LogP contribution in [-0.2, 0) is 0 Å². The number of aromatic nitrogens is 2. The van der Waals surface area contributed by atoms with Crippen molar-refractivity contribution in [2.24, 2.45) is 0 Å². The van der Waals surface area contributed by atoms with E-state index in [-0.39, 0.29) is 11.9 Å². The largest absolute Gasteiger partial charge is 0.376 e. The Morgan fingerprint density at radius 2 is 1.81 bits per heavy atom. The van der Waals surface area contributed by atoms with Crippen molar-refractivity contribution in [2.75, 3.05) is 5.32 Å². The summed E-state index contributed by atoms with van der Waals surface area (Å²) in [6, 6.07) is 5.74. The summed E-state index contributed by atoms with van der Waals surface area (Å²) < 4.78 is 15.7. The van der Waals surface area contributed by atoms with Gasteiger partial charge >= 0.3 is 0 Å². The van der Waals surface area contributed by atoms with Gasteiger partial charge in [0.1, 0.15) is 5.82 Å². The number of rotatable bonds is 4. The Labute approximate surface area is 126 Å². The topological polar surface area (TPSA) is 29.9 Å². The summed E-state index contributed by atoms with van der Waals surface area (Å²) in [6.07, 6.45) is 0. The molecular weight excluding hydrogens is 265 g/mol. The molecule has 1 aromatic carbocycles. The molecule has 0 amide bonds. The van der Waals surface area contributed by atoms with Gasteiger partial charge in [0.15, 0.2) is 0 Å². The van der Waals surface area contributed by atoms with Crippen LogP contribution < -0.4 is 5.32 Å². The third-order valence-corrected chi connectivity index (χ3v) is 3.87. The number of anilines is 1. The molecule has 114 valence electrons. The van der Waals surface area contributed by atoms with E-state index in [1.54, 1.807) is 13.0 Å². The zero-order valence-corrected chi connectivity index (χ0v) is 13.7. The minimum Gasteiger partial charge on any atom is -0.376 e. The lowest BCUT2D eigenvalue weighted by Crippen LogP contribution is -2.09. The molecule has 0 radical (unpaired) electrons. The fourth-order valence-electron chi connectivity index (χ4n) is 2.55. The second-order valence-electron chi connectivity index (χ2n) is 5.96. The maximum atomic E-state index is 13.7. The van der Waals surface area contributed by atoms with Crippen molar-refractivity contribution in [2.45, 2.75) is 53.6 Å². The summed E-state index contributed by atoms with van der Waals surface area (Å²) in [5, 5.41) is 8.03. The van der Waals surface area contributed by atoms with E-state index in [9.17, 15) is 4.39 Å². The molecule has 21 heavy (non-hydrogen) atoms. The normalized spacial score (nSPS) is 12.8. The van der Waals surface area contributed by atoms with Crippen LogP contribution in [-0.4, -0.2) is 9.78 Å². The molecule has 1 unspecified atom stereocenters. The van der Waals surface area contributed by atoms with Crippen LogP contribution in [0.5, 0.6) is 0 Å². The molecule has 1 aromatic heterocycles. The van der Waals surface area contributed by atoms with E-state index in [4.69, 9.17) is 0 Å². The number of hydrogen-bond donors (Lipinski definition) is 1. The lowest BCUT2D eigenvalue weighted by Gasteiger charge is -2.17. The van der Waals surface area contributed by atoms with Crippen molar-refractivity contribution in [1.82, 2.24) is 9.78 Å². The van der Waals surface area contributed by atoms with E-state index in [0.717, 1.165) is 22.6 Å². The van der Waals surface area contributed by atoms with Crippen molar-refractivity contribution in [1.29, 1.82) is 0 Å². The fourth-order valence-corrected chi connectivity index (χ4v) is 2.55. The first-order valence-electron chi connectivity index (χ1n) is 7.39. The third-order valence-electron chi connectivity index (χ3n) is 3.87. The first-order valence-corrected chi connectivity index (χ1v) is 7.39. The second kappa shape index (κ2) is 5.88. The molecule has 1 heterocycles. The predicted octanol–water partition coefficient (Wildman–Crippen LogP) is 4.70. The number of halogens is 1. The first kappa shape index (κ1) is 15.5. The summed E-state index contributed by atoms with van der Waals surface area (Å²) in [4.78, 5) is 0. The van der Waals surface area contributed by atoms with Gasteiger partial charge in [-0.25, -0.2) is 4.39 Å². The Balaban J connectivity index is 2.27. The average Bonchev–Trinajstić information content (AvgIpc) is 2.70. The number of nitrogens with one attached hydrogen (secondary N) is 1. The zero-order valence-electron chi connectivity index (χ0n) is 13.7. The molecule has 0 aliphatic carbocycles. The summed E-state index contributed by atoms with van der Waals surface area (Å²) in [5.74, 6) is -0.160. The number of aryl methyl sites for hydroxylation is 2. The molecule has 0 saturated heterocycles. The zero-order chi connectivity index (χ0) is 15.7. The van der Waals surface area contributed by atoms with E-state index in [1.165, 1.54) is 0 Å². The Morgan fingerprint density at radius 3 is 2.33 bits per heavy atom. The van der Waals surface area contributed by atoms with Gasteiger partial charge in [-0.2, -0.15) is 5.10 Å². The van der Waals surface area contributed by atoms with Gasteiger partial charge in [-0.3, -0.25) is 4.68 Å². The molecule has 0 aliphatic rings. The summed E-state index contributed by atoms with van der Waals surface area (Å²) in [6.45, 7) is 12.1. The van der Waals surface area contributed by atoms with Crippen LogP contribution in [0.15, 0.2) is 18.2 Å². The number of benzene rings is 1. The van der Waals surface area contributed by atoms with Gasteiger partial charge in [-0.1, -0.05) is 12.1 Å². The van der Waals surface area contributed by atoms with E-state index in [1.807, 2.05) is 30.7 Å². The monoisotopic (exact) mass is 289 g/mol. The van der Waals surface area contributed by atoms with Gasteiger partial charge in [0.05, 0.1) is 17.1 Å². The lowest BCUT2D eigenvalue weighted by atomic mass is 10.1. The van der Waals surface area contributed by atoms with Crippen molar-refractivity contribution < 1.29 is 4.39 Å². The molecule has 1 N–H and O–H groups in total. The van der Waals surface area contributed by atoms with Gasteiger partial charge in [0.25, 0.3) is 0 Å². The smallest absolute Gasteiger partial charge is 0.126 e. The first-order chi connectivity index (χ1) is 9.81. The molecule has 0 aliphatic heterocycles. The van der Waals surface area contributed by atoms with Gasteiger partial charge in [-0.05, 0) is 58.7 Å². The summed E-state index contributed by atoms with van der Waals surface area (Å²) >= 11 is 0. The Bertz CT molecular complexity index is 644. The highest BCUT2D eigenvalue weighted by Gasteiger charge is 2.16. The van der Waals surface area contributed by atoms with Crippen LogP contribution >= 0.6 is 0 Å². The van der Waals surface area contributed by atoms with E-state index < -0.39 is 0 Å². The molecule has 0 bridgehead atoms. The highest BCUT2D eigenvalue weighted by atomic mass is 19.1. The molecule has 2 aromatic rings. The van der Waals surface area contributed by atoms with E-state index in [2.05, 4.69) is 31.2 Å². The standard InChI is InChI=1S/C17H24FN3/c1-10(2)21-14(6)17(13(5)20-21)19-12(4)15-8-7-11(3)16(18)9-15/h7-10,12,19H,1-6H3. The third kappa shape index (κ3) is 3.09. The average molecular weight is 289 g/mol. The fraction of sp³-hybridized carbons (Fsp3) is 0.471. The molecule has 0 spiro atoms. The molecule has 0 saturated carbocycles. The van der Waals surface area contributed by atoms with E-state index in [0.29, 0.717) is 11.6 Å². The van der Waals surface area contributed by atoms with Crippen molar-refractivity contribution in [3.63, 3.8) is 0 Å². The maximum Gasteiger partial charge on any atom is 0.126 e. The van der Waals surface area contributed by atoms with Gasteiger partial charge < -0.3 is 5.32 Å². The molecule has 2 rings (SSSR count). The maximum absolute atomic E-state index is 13.7. The van der Waals surface area contributed by atoms with Gasteiger partial charge in [0.2, 0.25) is 0 Å². The van der Waals surface area contributed by atoms with Crippen molar-refractivity contribution in [3.05, 3.63) is 46.5 Å². The van der Waals surface area contributed by atoms with Gasteiger partial charge in [0, 0.05) is 12.1 Å². The molecular formula is C17H24FN3. The predicted molar refractivity (Wildman–Crippen MR) is 85.3 cm³/mol. The van der Waals surface area contributed by atoms with Crippen LogP contribution in [0.25, 0.3) is 0 Å². The minimum atomic E-state index is -0.160. The second-order valence-corrected chi connectivity index (χ2v) is 5.96. The number of nitrogens with zero attached hydrogens (tertiary/aromatic N) is 2. The van der Waals surface area contributed by atoms with Crippen LogP contribution in [0.4, 0.5) is 10.1 Å². The highest BCUT2D eigenvalue weighted by molar-refractivity contribution is 5.53. The van der Waals surface area contributed by atoms with Crippen LogP contribution in [0.1, 0.15) is 55.4 Å². The summed E-state index contributed by atoms with van der Waals surface area (Å²) in [5.41, 5.74) is 4.74. The molecule has 3 nitrogen and oxygen atoms in total. The Kier molecular flexibility index (Phi) is 4.35. The van der Waals surface area contributed by atoms with Crippen LogP contribution in [0.3, 0.4) is 0 Å². The summed E-state index contributed by atoms with van der Waals surface area (Å²) in [7, 11) is 0. The SMILES string of the molecule is Cc1ccc(C(C)Nc2c(C)nn(C(C)C)c2C)cc1F. The molecule has 4 heteroatoms. The van der Waals surface area contributed by atoms with Gasteiger partial charge in [-0.15, -0.1) is 0 Å². The van der Waals surface area contributed by atoms with Crippen molar-refractivity contribution >= 4 is 5.69 Å². The Morgan fingerprint density at radius 1 is 1.14 bits per heavy atom. The molecule has 1 atom stereocenters. The minimum absolute atomic E-state index is 0.0299. The van der Waals surface area contributed by atoms with Crippen LogP contribution in [0.2, 0.25) is 0 Å². The Hall–Kier alpha value is -1.84. The highest BCUT2D eigenvalue weighted by Crippen LogP contribution is 2.27. The van der Waals surface area contributed by atoms with Crippen molar-refractivity contribution in [3.8, 4) is 0 Å².